The van der Waals surface area contributed by atoms with Crippen LogP contribution in [-0.2, 0) is 47.3 Å². The molecule has 1 saturated heterocycles. The lowest BCUT2D eigenvalue weighted by molar-refractivity contribution is -0.170. The molecule has 1 aliphatic heterocycles. The van der Waals surface area contributed by atoms with Crippen molar-refractivity contribution in [2.24, 2.45) is 11.8 Å². The Morgan fingerprint density at radius 2 is 1.48 bits per heavy atom. The molecule has 60 heavy (non-hydrogen) atoms. The number of hydrogen-bond donors (Lipinski definition) is 1. The fourth-order valence-electron chi connectivity index (χ4n) is 6.91. The number of nitrogen functional groups attached to an aromatic ring is 1. The van der Waals surface area contributed by atoms with Gasteiger partial charge in [0.15, 0.2) is 28.7 Å². The van der Waals surface area contributed by atoms with Crippen molar-refractivity contribution in [3.63, 3.8) is 0 Å². The van der Waals surface area contributed by atoms with Gasteiger partial charge in [-0.1, -0.05) is 115 Å². The standard InChI is InChI=1S/C43H52FN5O10Si/c1-9-43(25-56-60(42(6,7)8,30-16-12-10-13-17-30)31-18-14-11-15-19-31)32(22-33(59-43)49-26-46-36-37(45)47-41(44)48-38(36)49)58-35(51)21-20-34(50)57-29(23-54-39(52)27(2)3)24-55-40(53)28(4)5/h1,10-19,26-29,32-33H,20-25H2,2-8H3,(H2,45,47,48)/t32-,33+,43+/m0/s1. The smallest absolute Gasteiger partial charge is 0.312 e. The van der Waals surface area contributed by atoms with Crippen LogP contribution in [0.25, 0.3) is 11.2 Å². The number of aromatic nitrogens is 4. The lowest BCUT2D eigenvalue weighted by atomic mass is 9.98. The number of carbonyl (C=O) groups excluding carboxylic acids is 4. The number of esters is 4. The summed E-state index contributed by atoms with van der Waals surface area (Å²) in [5, 5.41) is 1.48. The Morgan fingerprint density at radius 1 is 0.933 bits per heavy atom. The van der Waals surface area contributed by atoms with Crippen molar-refractivity contribution in [1.29, 1.82) is 0 Å². The topological polar surface area (TPSA) is 193 Å². The predicted molar refractivity (Wildman–Crippen MR) is 220 cm³/mol. The second kappa shape index (κ2) is 19.1. The van der Waals surface area contributed by atoms with E-state index in [4.69, 9.17) is 40.3 Å². The van der Waals surface area contributed by atoms with E-state index in [0.717, 1.165) is 10.4 Å². The van der Waals surface area contributed by atoms with Crippen molar-refractivity contribution in [3.05, 3.63) is 73.1 Å². The van der Waals surface area contributed by atoms with Crippen LogP contribution in [0.2, 0.25) is 5.04 Å². The van der Waals surface area contributed by atoms with Crippen LogP contribution in [0.15, 0.2) is 67.0 Å². The largest absolute Gasteiger partial charge is 0.461 e. The Kier molecular flexibility index (Phi) is 14.5. The highest BCUT2D eigenvalue weighted by Gasteiger charge is 2.56. The van der Waals surface area contributed by atoms with Crippen LogP contribution in [0.3, 0.4) is 0 Å². The van der Waals surface area contributed by atoms with Crippen LogP contribution >= 0.6 is 0 Å². The molecule has 2 N–H and O–H groups in total. The summed E-state index contributed by atoms with van der Waals surface area (Å²) in [4.78, 5) is 62.7. The Labute approximate surface area is 349 Å². The number of ether oxygens (including phenoxy) is 5. The minimum atomic E-state index is -3.23. The molecule has 0 aliphatic carbocycles. The number of benzene rings is 2. The van der Waals surface area contributed by atoms with Crippen LogP contribution in [0.5, 0.6) is 0 Å². The summed E-state index contributed by atoms with van der Waals surface area (Å²) in [5.74, 6) is -1.05. The quantitative estimate of drug-likeness (QED) is 0.0516. The number of imidazole rings is 1. The van der Waals surface area contributed by atoms with E-state index in [2.05, 4.69) is 41.6 Å². The third kappa shape index (κ3) is 10.2. The molecule has 3 heterocycles. The van der Waals surface area contributed by atoms with Crippen molar-refractivity contribution in [2.75, 3.05) is 25.6 Å². The van der Waals surface area contributed by atoms with E-state index in [1.165, 1.54) is 10.9 Å². The molecular weight excluding hydrogens is 794 g/mol. The van der Waals surface area contributed by atoms with Gasteiger partial charge < -0.3 is 33.8 Å². The van der Waals surface area contributed by atoms with Gasteiger partial charge in [0.25, 0.3) is 8.32 Å². The molecule has 1 fully saturated rings. The first-order valence-electron chi connectivity index (χ1n) is 19.7. The highest BCUT2D eigenvalue weighted by Crippen LogP contribution is 2.43. The van der Waals surface area contributed by atoms with Gasteiger partial charge in [0.1, 0.15) is 25.5 Å². The van der Waals surface area contributed by atoms with Gasteiger partial charge in [-0.3, -0.25) is 23.7 Å². The zero-order valence-electron chi connectivity index (χ0n) is 34.9. The monoisotopic (exact) mass is 845 g/mol. The number of nitrogens with two attached hydrogens (primary N) is 1. The summed E-state index contributed by atoms with van der Waals surface area (Å²) in [6, 6.07) is 19.7. The molecule has 0 amide bonds. The van der Waals surface area contributed by atoms with E-state index < -0.39 is 92.0 Å². The summed E-state index contributed by atoms with van der Waals surface area (Å²) in [7, 11) is -3.23. The van der Waals surface area contributed by atoms with Crippen molar-refractivity contribution in [2.45, 2.75) is 96.8 Å². The molecule has 5 rings (SSSR count). The first kappa shape index (κ1) is 45.4. The van der Waals surface area contributed by atoms with Gasteiger partial charge >= 0.3 is 30.0 Å². The Morgan fingerprint density at radius 3 is 2.00 bits per heavy atom. The molecule has 0 unspecified atom stereocenters. The van der Waals surface area contributed by atoms with Gasteiger partial charge in [-0.15, -0.1) is 6.42 Å². The van der Waals surface area contributed by atoms with Crippen molar-refractivity contribution < 1.29 is 51.7 Å². The average molecular weight is 846 g/mol. The Bertz CT molecular complexity index is 2130. The number of carbonyl (C=O) groups is 4. The lowest BCUT2D eigenvalue weighted by Gasteiger charge is -2.44. The van der Waals surface area contributed by atoms with E-state index in [1.54, 1.807) is 27.7 Å². The lowest BCUT2D eigenvalue weighted by Crippen LogP contribution is -2.68. The summed E-state index contributed by atoms with van der Waals surface area (Å²) >= 11 is 0. The van der Waals surface area contributed by atoms with Crippen molar-refractivity contribution >= 4 is 59.5 Å². The van der Waals surface area contributed by atoms with Gasteiger partial charge in [-0.2, -0.15) is 14.4 Å². The van der Waals surface area contributed by atoms with Crippen molar-refractivity contribution in [1.82, 2.24) is 19.5 Å². The zero-order valence-corrected chi connectivity index (χ0v) is 35.9. The highest BCUT2D eigenvalue weighted by molar-refractivity contribution is 6.99. The molecule has 2 aromatic heterocycles. The number of terminal acetylenes is 1. The highest BCUT2D eigenvalue weighted by atomic mass is 28.4. The summed E-state index contributed by atoms with van der Waals surface area (Å²) in [6.45, 7) is 11.9. The number of anilines is 1. The maximum atomic E-state index is 14.5. The van der Waals surface area contributed by atoms with E-state index in [-0.39, 0.29) is 43.2 Å². The molecule has 2 aromatic carbocycles. The van der Waals surface area contributed by atoms with Gasteiger partial charge in [0.05, 0.1) is 37.6 Å². The van der Waals surface area contributed by atoms with Gasteiger partial charge in [-0.25, -0.2) is 4.98 Å². The molecule has 15 nitrogen and oxygen atoms in total. The fourth-order valence-corrected chi connectivity index (χ4v) is 11.5. The number of fused-ring (bicyclic) bond motifs is 1. The van der Waals surface area contributed by atoms with Crippen LogP contribution < -0.4 is 16.1 Å². The molecule has 0 spiro atoms. The fraction of sp³-hybridized carbons (Fsp3) is 0.465. The first-order chi connectivity index (χ1) is 28.4. The van der Waals surface area contributed by atoms with Crippen LogP contribution in [0.1, 0.15) is 74.0 Å². The molecule has 4 aromatic rings. The molecule has 3 atom stereocenters. The van der Waals surface area contributed by atoms with E-state index >= 15 is 0 Å². The Hall–Kier alpha value is -5.70. The number of halogens is 1. The van der Waals surface area contributed by atoms with E-state index in [0.29, 0.717) is 0 Å². The SMILES string of the molecule is C#C[C@]1(CO[Si](c2ccccc2)(c2ccccc2)C(C)(C)C)O[C@@H](n2cnc3c(N)nc(F)nc32)C[C@@H]1OC(=O)CCC(=O)OC(COC(=O)C(C)C)COC(=O)C(C)C. The zero-order chi connectivity index (χ0) is 43.8. The molecule has 0 saturated carbocycles. The van der Waals surface area contributed by atoms with Gasteiger partial charge in [0, 0.05) is 6.42 Å². The number of hydrogen-bond acceptors (Lipinski definition) is 14. The maximum Gasteiger partial charge on any atom is 0.312 e. The second-order valence-corrected chi connectivity index (χ2v) is 20.5. The van der Waals surface area contributed by atoms with Crippen molar-refractivity contribution in [3.8, 4) is 12.3 Å². The predicted octanol–water partition coefficient (Wildman–Crippen LogP) is 4.42. The van der Waals surface area contributed by atoms with E-state index in [1.807, 2.05) is 60.7 Å². The van der Waals surface area contributed by atoms with Crippen LogP contribution in [-0.4, -0.2) is 89.3 Å². The summed E-state index contributed by atoms with van der Waals surface area (Å²) in [6.07, 6.45) is 2.41. The molecular formula is C43H52FN5O10Si. The minimum absolute atomic E-state index is 0.0336. The average Bonchev–Trinajstić information content (AvgIpc) is 3.80. The molecule has 1 aliphatic rings. The summed E-state index contributed by atoms with van der Waals surface area (Å²) in [5.41, 5.74) is 4.40. The van der Waals surface area contributed by atoms with E-state index in [9.17, 15) is 23.6 Å². The number of nitrogens with zero attached hydrogens (tertiary/aromatic N) is 4. The van der Waals surface area contributed by atoms with Crippen LogP contribution in [0, 0.1) is 30.3 Å². The van der Waals surface area contributed by atoms with Crippen LogP contribution in [0.4, 0.5) is 10.2 Å². The normalized spacial score (nSPS) is 18.1. The minimum Gasteiger partial charge on any atom is -0.461 e. The first-order valence-corrected chi connectivity index (χ1v) is 21.6. The second-order valence-electron chi connectivity index (χ2n) is 16.2. The molecule has 17 heteroatoms. The molecule has 0 radical (unpaired) electrons. The number of rotatable bonds is 17. The van der Waals surface area contributed by atoms with Gasteiger partial charge in [-0.05, 0) is 15.4 Å². The molecule has 320 valence electrons. The third-order valence-corrected chi connectivity index (χ3v) is 15.0. The summed E-state index contributed by atoms with van der Waals surface area (Å²) < 4.78 is 51.7. The third-order valence-electron chi connectivity index (χ3n) is 10.0. The van der Waals surface area contributed by atoms with Gasteiger partial charge in [0.2, 0.25) is 0 Å². The molecule has 0 bridgehead atoms. The maximum absolute atomic E-state index is 14.5. The Balaban J connectivity index is 1.42.